The third-order valence-electron chi connectivity index (χ3n) is 2.37. The van der Waals surface area contributed by atoms with E-state index in [9.17, 15) is 0 Å². The predicted octanol–water partition coefficient (Wildman–Crippen LogP) is 2.24. The summed E-state index contributed by atoms with van der Waals surface area (Å²) in [5.74, 6) is 0. The fourth-order valence-electron chi connectivity index (χ4n) is 1.72. The summed E-state index contributed by atoms with van der Waals surface area (Å²) in [5, 5.41) is 3.28. The maximum atomic E-state index is 6.29. The lowest BCUT2D eigenvalue weighted by molar-refractivity contribution is 0.483. The van der Waals surface area contributed by atoms with Crippen LogP contribution in [0.1, 0.15) is 18.1 Å². The Hall–Kier alpha value is -0.530. The van der Waals surface area contributed by atoms with Crippen LogP contribution in [-0.4, -0.2) is 6.54 Å². The van der Waals surface area contributed by atoms with E-state index in [1.54, 1.807) is 0 Å². The van der Waals surface area contributed by atoms with E-state index in [-0.39, 0.29) is 5.00 Å². The molecule has 1 unspecified atom stereocenters. The first kappa shape index (κ1) is 8.09. The molecule has 0 bridgehead atoms. The molecule has 1 nitrogen and oxygen atoms in total. The molecule has 0 spiro atoms. The van der Waals surface area contributed by atoms with Crippen molar-refractivity contribution in [3.63, 3.8) is 0 Å². The topological polar surface area (TPSA) is 12.0 Å². The van der Waals surface area contributed by atoms with Gasteiger partial charge in [0.15, 0.2) is 0 Å². The minimum atomic E-state index is -0.366. The third kappa shape index (κ3) is 1.23. The highest BCUT2D eigenvalue weighted by atomic mass is 35.5. The normalized spacial score (nSPS) is 28.2. The molecular formula is C10H12ClN. The number of halogens is 1. The molecule has 1 aliphatic rings. The maximum absolute atomic E-state index is 6.29. The second kappa shape index (κ2) is 2.75. The van der Waals surface area contributed by atoms with Crippen molar-refractivity contribution < 1.29 is 0 Å². The van der Waals surface area contributed by atoms with Crippen molar-refractivity contribution in [2.75, 3.05) is 6.54 Å². The average Bonchev–Trinajstić information content (AvgIpc) is 2.04. The highest BCUT2D eigenvalue weighted by Gasteiger charge is 2.28. The van der Waals surface area contributed by atoms with Crippen LogP contribution in [-0.2, 0) is 11.4 Å². The van der Waals surface area contributed by atoms with Gasteiger partial charge in [-0.25, -0.2) is 0 Å². The summed E-state index contributed by atoms with van der Waals surface area (Å²) in [6.45, 7) is 2.98. The molecule has 1 atom stereocenters. The van der Waals surface area contributed by atoms with E-state index >= 15 is 0 Å². The highest BCUT2D eigenvalue weighted by Crippen LogP contribution is 2.31. The first-order valence-electron chi connectivity index (χ1n) is 4.22. The Labute approximate surface area is 77.7 Å². The molecule has 0 saturated heterocycles. The van der Waals surface area contributed by atoms with Crippen LogP contribution in [0.5, 0.6) is 0 Å². The maximum Gasteiger partial charge on any atom is 0.116 e. The van der Waals surface area contributed by atoms with Gasteiger partial charge in [-0.1, -0.05) is 35.9 Å². The van der Waals surface area contributed by atoms with E-state index in [2.05, 4.69) is 23.5 Å². The van der Waals surface area contributed by atoms with E-state index in [4.69, 9.17) is 11.6 Å². The fraction of sp³-hybridized carbons (Fsp3) is 0.400. The zero-order chi connectivity index (χ0) is 8.60. The summed E-state index contributed by atoms with van der Waals surface area (Å²) in [4.78, 5) is -0.366. The molecule has 0 saturated carbocycles. The summed E-state index contributed by atoms with van der Waals surface area (Å²) in [5.41, 5.74) is 2.59. The Morgan fingerprint density at radius 3 is 2.92 bits per heavy atom. The summed E-state index contributed by atoms with van der Waals surface area (Å²) in [6.07, 6.45) is 1.08. The average molecular weight is 182 g/mol. The molecule has 12 heavy (non-hydrogen) atoms. The van der Waals surface area contributed by atoms with Crippen LogP contribution in [0, 0.1) is 0 Å². The van der Waals surface area contributed by atoms with Crippen molar-refractivity contribution in [2.45, 2.75) is 18.3 Å². The van der Waals surface area contributed by atoms with Crippen LogP contribution >= 0.6 is 11.6 Å². The fourth-order valence-corrected chi connectivity index (χ4v) is 2.00. The first-order valence-corrected chi connectivity index (χ1v) is 4.60. The van der Waals surface area contributed by atoms with E-state index in [0.29, 0.717) is 0 Å². The second-order valence-electron chi connectivity index (χ2n) is 3.34. The van der Waals surface area contributed by atoms with Gasteiger partial charge >= 0.3 is 0 Å². The summed E-state index contributed by atoms with van der Waals surface area (Å²) in [6, 6.07) is 8.34. The van der Waals surface area contributed by atoms with Crippen molar-refractivity contribution in [1.82, 2.24) is 5.32 Å². The van der Waals surface area contributed by atoms with Crippen molar-refractivity contribution >= 4 is 11.6 Å². The van der Waals surface area contributed by atoms with Crippen LogP contribution in [0.3, 0.4) is 0 Å². The highest BCUT2D eigenvalue weighted by molar-refractivity contribution is 6.23. The van der Waals surface area contributed by atoms with Gasteiger partial charge in [0.05, 0.1) is 0 Å². The summed E-state index contributed by atoms with van der Waals surface area (Å²) in [7, 11) is 0. The molecule has 1 N–H and O–H groups in total. The molecule has 1 aliphatic heterocycles. The van der Waals surface area contributed by atoms with E-state index in [1.165, 1.54) is 11.1 Å². The molecule has 1 aromatic rings. The Kier molecular flexibility index (Phi) is 1.85. The van der Waals surface area contributed by atoms with Crippen LogP contribution in [0.2, 0.25) is 0 Å². The molecule has 0 radical (unpaired) electrons. The van der Waals surface area contributed by atoms with Crippen LogP contribution in [0.15, 0.2) is 24.3 Å². The zero-order valence-corrected chi connectivity index (χ0v) is 7.86. The Bertz CT molecular complexity index is 294. The molecule has 0 aromatic heterocycles. The molecule has 2 rings (SSSR count). The van der Waals surface area contributed by atoms with Crippen molar-refractivity contribution in [3.8, 4) is 0 Å². The monoisotopic (exact) mass is 181 g/mol. The third-order valence-corrected chi connectivity index (χ3v) is 2.71. The van der Waals surface area contributed by atoms with Crippen LogP contribution < -0.4 is 5.32 Å². The number of fused-ring (bicyclic) bond motifs is 1. The van der Waals surface area contributed by atoms with Gasteiger partial charge in [-0.3, -0.25) is 5.32 Å². The van der Waals surface area contributed by atoms with Gasteiger partial charge in [0, 0.05) is 6.54 Å². The largest absolute Gasteiger partial charge is 0.295 e. The van der Waals surface area contributed by atoms with E-state index in [1.807, 2.05) is 13.0 Å². The number of rotatable bonds is 0. The lowest BCUT2D eigenvalue weighted by atomic mass is 9.95. The van der Waals surface area contributed by atoms with Crippen molar-refractivity contribution in [1.29, 1.82) is 0 Å². The Morgan fingerprint density at radius 2 is 2.17 bits per heavy atom. The molecule has 0 amide bonds. The lowest BCUT2D eigenvalue weighted by Crippen LogP contribution is -2.40. The number of alkyl halides is 1. The molecule has 1 aromatic carbocycles. The van der Waals surface area contributed by atoms with Crippen LogP contribution in [0.25, 0.3) is 0 Å². The minimum absolute atomic E-state index is 0.366. The van der Waals surface area contributed by atoms with Gasteiger partial charge in [0.2, 0.25) is 0 Å². The molecule has 0 fully saturated rings. The van der Waals surface area contributed by atoms with Crippen LogP contribution in [0.4, 0.5) is 0 Å². The number of nitrogens with one attached hydrogen (secondary N) is 1. The summed E-state index contributed by atoms with van der Waals surface area (Å²) < 4.78 is 0. The Morgan fingerprint density at radius 1 is 1.42 bits per heavy atom. The molecule has 2 heteroatoms. The van der Waals surface area contributed by atoms with Gasteiger partial charge in [0.25, 0.3) is 0 Å². The van der Waals surface area contributed by atoms with Gasteiger partial charge < -0.3 is 0 Å². The summed E-state index contributed by atoms with van der Waals surface area (Å²) >= 11 is 6.29. The standard InChI is InChI=1S/C10H12ClN/c1-10(11)9-5-3-2-4-8(9)6-7-12-10/h2-5,12H,6-7H2,1H3. The van der Waals surface area contributed by atoms with Gasteiger partial charge in [0.1, 0.15) is 5.00 Å². The van der Waals surface area contributed by atoms with E-state index in [0.717, 1.165) is 13.0 Å². The second-order valence-corrected chi connectivity index (χ2v) is 4.09. The number of benzene rings is 1. The zero-order valence-electron chi connectivity index (χ0n) is 7.10. The van der Waals surface area contributed by atoms with Crippen molar-refractivity contribution in [2.24, 2.45) is 0 Å². The molecule has 64 valence electrons. The van der Waals surface area contributed by atoms with Crippen molar-refractivity contribution in [3.05, 3.63) is 35.4 Å². The first-order chi connectivity index (χ1) is 5.70. The number of hydrogen-bond donors (Lipinski definition) is 1. The molecular weight excluding hydrogens is 170 g/mol. The van der Waals surface area contributed by atoms with Gasteiger partial charge in [-0.2, -0.15) is 0 Å². The smallest absolute Gasteiger partial charge is 0.116 e. The van der Waals surface area contributed by atoms with Gasteiger partial charge in [-0.05, 0) is 24.5 Å². The SMILES string of the molecule is CC1(Cl)NCCc2ccccc21. The molecule has 0 aliphatic carbocycles. The quantitative estimate of drug-likeness (QED) is 0.478. The number of hydrogen-bond acceptors (Lipinski definition) is 1. The molecule has 1 heterocycles. The van der Waals surface area contributed by atoms with Gasteiger partial charge in [-0.15, -0.1) is 0 Å². The Balaban J connectivity index is 2.52. The van der Waals surface area contributed by atoms with E-state index < -0.39 is 0 Å². The predicted molar refractivity (Wildman–Crippen MR) is 51.4 cm³/mol. The minimum Gasteiger partial charge on any atom is -0.295 e. The lowest BCUT2D eigenvalue weighted by Gasteiger charge is -2.31.